The van der Waals surface area contributed by atoms with Crippen LogP contribution in [0.5, 0.6) is 0 Å². The fourth-order valence-electron chi connectivity index (χ4n) is 5.86. The maximum absolute atomic E-state index is 13.7. The topological polar surface area (TPSA) is 82.9 Å². The summed E-state index contributed by atoms with van der Waals surface area (Å²) in [7, 11) is 0. The molecule has 40 heavy (non-hydrogen) atoms. The van der Waals surface area contributed by atoms with Gasteiger partial charge < -0.3 is 4.98 Å². The van der Waals surface area contributed by atoms with Gasteiger partial charge in [-0.1, -0.05) is 66.7 Å². The molecular formula is C32H35N7O. The third-order valence-corrected chi connectivity index (χ3v) is 7.92. The van der Waals surface area contributed by atoms with Crippen LogP contribution in [0.25, 0.3) is 10.9 Å². The number of tetrazole rings is 1. The van der Waals surface area contributed by atoms with E-state index in [1.54, 1.807) is 0 Å². The smallest absolute Gasteiger partial charge is 0.253 e. The van der Waals surface area contributed by atoms with Gasteiger partial charge in [0.1, 0.15) is 6.04 Å². The second kappa shape index (κ2) is 11.5. The van der Waals surface area contributed by atoms with E-state index in [4.69, 9.17) is 0 Å². The monoisotopic (exact) mass is 533 g/mol. The summed E-state index contributed by atoms with van der Waals surface area (Å²) >= 11 is 0. The van der Waals surface area contributed by atoms with Gasteiger partial charge in [0.05, 0.1) is 0 Å². The molecule has 0 bridgehead atoms. The van der Waals surface area contributed by atoms with Crippen molar-refractivity contribution in [2.75, 3.05) is 26.2 Å². The summed E-state index contributed by atoms with van der Waals surface area (Å²) in [5.74, 6) is 0.710. The largest absolute Gasteiger partial charge is 0.322 e. The summed E-state index contributed by atoms with van der Waals surface area (Å²) in [6.07, 6.45) is 0.808. The standard InChI is InChI=1S/C32H35N7O/c1-23-19-24(2)27-21-28(32(40)33-29(27)20-23)30(31-34-35-36-39(31)14-13-25-9-5-3-6-10-25)38-17-15-37(16-18-38)22-26-11-7-4-8-12-26/h3-12,19-21,30H,13-18,22H2,1-2H3,(H,33,40)/t30-/m0/s1. The van der Waals surface area contributed by atoms with Crippen molar-refractivity contribution in [3.05, 3.63) is 123 Å². The Morgan fingerprint density at radius 2 is 1.57 bits per heavy atom. The van der Waals surface area contributed by atoms with Crippen molar-refractivity contribution in [2.45, 2.75) is 39.4 Å². The van der Waals surface area contributed by atoms with Crippen molar-refractivity contribution in [3.63, 3.8) is 0 Å². The van der Waals surface area contributed by atoms with Gasteiger partial charge in [0.15, 0.2) is 5.82 Å². The van der Waals surface area contributed by atoms with Crippen LogP contribution in [0.15, 0.2) is 83.7 Å². The van der Waals surface area contributed by atoms with Crippen molar-refractivity contribution in [2.24, 2.45) is 0 Å². The highest BCUT2D eigenvalue weighted by molar-refractivity contribution is 5.83. The van der Waals surface area contributed by atoms with E-state index in [0.717, 1.165) is 61.2 Å². The van der Waals surface area contributed by atoms with Gasteiger partial charge in [0.25, 0.3) is 5.56 Å². The lowest BCUT2D eigenvalue weighted by molar-refractivity contribution is 0.0996. The summed E-state index contributed by atoms with van der Waals surface area (Å²) < 4.78 is 1.87. The lowest BCUT2D eigenvalue weighted by Crippen LogP contribution is -2.48. The predicted octanol–water partition coefficient (Wildman–Crippen LogP) is 4.28. The molecule has 2 aromatic heterocycles. The molecule has 1 aliphatic rings. The molecule has 1 aliphatic heterocycles. The molecule has 3 heterocycles. The minimum Gasteiger partial charge on any atom is -0.322 e. The SMILES string of the molecule is Cc1cc(C)c2cc([C@@H](c3nnnn3CCc3ccccc3)N3CCN(Cc4ccccc4)CC3)c(=O)[nH]c2c1. The zero-order valence-corrected chi connectivity index (χ0v) is 23.1. The number of fused-ring (bicyclic) bond motifs is 1. The lowest BCUT2D eigenvalue weighted by Gasteiger charge is -2.38. The maximum Gasteiger partial charge on any atom is 0.253 e. The molecular weight excluding hydrogens is 498 g/mol. The molecule has 8 nitrogen and oxygen atoms in total. The van der Waals surface area contributed by atoms with Gasteiger partial charge in [-0.25, -0.2) is 4.68 Å². The second-order valence-electron chi connectivity index (χ2n) is 10.8. The minimum atomic E-state index is -0.349. The first-order chi connectivity index (χ1) is 19.5. The molecule has 0 aliphatic carbocycles. The average Bonchev–Trinajstić information content (AvgIpc) is 3.42. The van der Waals surface area contributed by atoms with E-state index in [2.05, 4.69) is 98.8 Å². The van der Waals surface area contributed by atoms with Crippen LogP contribution in [-0.2, 0) is 19.5 Å². The van der Waals surface area contributed by atoms with Crippen molar-refractivity contribution < 1.29 is 0 Å². The lowest BCUT2D eigenvalue weighted by atomic mass is 9.99. The van der Waals surface area contributed by atoms with Gasteiger partial charge >= 0.3 is 0 Å². The Morgan fingerprint density at radius 1 is 0.875 bits per heavy atom. The fourth-order valence-corrected chi connectivity index (χ4v) is 5.86. The number of nitrogens with one attached hydrogen (secondary N) is 1. The number of aryl methyl sites for hydroxylation is 4. The molecule has 6 rings (SSSR count). The van der Waals surface area contributed by atoms with Crippen molar-refractivity contribution in [1.82, 2.24) is 35.0 Å². The number of aromatic amines is 1. The number of H-pyrrole nitrogens is 1. The summed E-state index contributed by atoms with van der Waals surface area (Å²) in [4.78, 5) is 21.7. The zero-order valence-electron chi connectivity index (χ0n) is 23.1. The van der Waals surface area contributed by atoms with E-state index in [1.807, 2.05) is 28.9 Å². The highest BCUT2D eigenvalue weighted by Crippen LogP contribution is 2.29. The van der Waals surface area contributed by atoms with Gasteiger partial charge in [0, 0.05) is 55.7 Å². The van der Waals surface area contributed by atoms with Crippen molar-refractivity contribution >= 4 is 10.9 Å². The van der Waals surface area contributed by atoms with Crippen LogP contribution in [-0.4, -0.2) is 61.2 Å². The average molecular weight is 534 g/mol. The molecule has 0 spiro atoms. The number of nitrogens with zero attached hydrogens (tertiary/aromatic N) is 6. The molecule has 1 saturated heterocycles. The Morgan fingerprint density at radius 3 is 2.30 bits per heavy atom. The van der Waals surface area contributed by atoms with Gasteiger partial charge in [-0.2, -0.15) is 0 Å². The summed E-state index contributed by atoms with van der Waals surface area (Å²) in [6, 6.07) is 26.8. The van der Waals surface area contributed by atoms with E-state index < -0.39 is 0 Å². The number of aromatic nitrogens is 5. The van der Waals surface area contributed by atoms with Gasteiger partial charge in [-0.3, -0.25) is 14.6 Å². The number of piperazine rings is 1. The van der Waals surface area contributed by atoms with E-state index >= 15 is 0 Å². The summed E-state index contributed by atoms with van der Waals surface area (Å²) in [5.41, 5.74) is 6.27. The van der Waals surface area contributed by atoms with Gasteiger partial charge in [0.2, 0.25) is 0 Å². The van der Waals surface area contributed by atoms with E-state index in [0.29, 0.717) is 17.9 Å². The molecule has 1 N–H and O–H groups in total. The number of pyridine rings is 1. The van der Waals surface area contributed by atoms with Crippen LogP contribution < -0.4 is 5.56 Å². The van der Waals surface area contributed by atoms with E-state index in [-0.39, 0.29) is 11.6 Å². The Hall–Kier alpha value is -4.14. The van der Waals surface area contributed by atoms with Crippen LogP contribution in [0.2, 0.25) is 0 Å². The fraction of sp³-hybridized carbons (Fsp3) is 0.312. The van der Waals surface area contributed by atoms with Crippen LogP contribution in [0.1, 0.15) is 39.7 Å². The highest BCUT2D eigenvalue weighted by Gasteiger charge is 2.32. The maximum atomic E-state index is 13.7. The van der Waals surface area contributed by atoms with Crippen LogP contribution in [0.3, 0.4) is 0 Å². The predicted molar refractivity (Wildman–Crippen MR) is 157 cm³/mol. The Kier molecular flexibility index (Phi) is 7.53. The summed E-state index contributed by atoms with van der Waals surface area (Å²) in [5, 5.41) is 14.0. The first-order valence-electron chi connectivity index (χ1n) is 14.0. The molecule has 0 saturated carbocycles. The second-order valence-corrected chi connectivity index (χ2v) is 10.8. The van der Waals surface area contributed by atoms with Gasteiger partial charge in [-0.15, -0.1) is 5.10 Å². The number of benzene rings is 3. The first kappa shape index (κ1) is 26.1. The normalized spacial score (nSPS) is 15.4. The minimum absolute atomic E-state index is 0.0909. The van der Waals surface area contributed by atoms with Gasteiger partial charge in [-0.05, 0) is 65.1 Å². The van der Waals surface area contributed by atoms with Crippen molar-refractivity contribution in [3.8, 4) is 0 Å². The van der Waals surface area contributed by atoms with Crippen LogP contribution in [0.4, 0.5) is 0 Å². The third kappa shape index (κ3) is 5.59. The molecule has 0 amide bonds. The number of hydrogen-bond acceptors (Lipinski definition) is 6. The first-order valence-corrected chi connectivity index (χ1v) is 14.0. The highest BCUT2D eigenvalue weighted by atomic mass is 16.1. The molecule has 0 radical (unpaired) electrons. The Bertz CT molecular complexity index is 1640. The van der Waals surface area contributed by atoms with Crippen molar-refractivity contribution in [1.29, 1.82) is 0 Å². The van der Waals surface area contributed by atoms with Crippen LogP contribution >= 0.6 is 0 Å². The van der Waals surface area contributed by atoms with E-state index in [1.165, 1.54) is 11.1 Å². The summed E-state index contributed by atoms with van der Waals surface area (Å²) in [6.45, 7) is 9.14. The Balaban J connectivity index is 1.34. The number of hydrogen-bond donors (Lipinski definition) is 1. The number of rotatable bonds is 8. The van der Waals surface area contributed by atoms with Crippen LogP contribution in [0, 0.1) is 13.8 Å². The molecule has 0 unspecified atom stereocenters. The molecule has 1 atom stereocenters. The molecule has 8 heteroatoms. The third-order valence-electron chi connectivity index (χ3n) is 7.92. The molecule has 3 aromatic carbocycles. The quantitative estimate of drug-likeness (QED) is 0.321. The molecule has 1 fully saturated rings. The molecule has 5 aromatic rings. The van der Waals surface area contributed by atoms with E-state index in [9.17, 15) is 4.79 Å². The molecule has 204 valence electrons. The Labute approximate surface area is 234 Å². The zero-order chi connectivity index (χ0) is 27.5.